The van der Waals surface area contributed by atoms with Crippen molar-refractivity contribution in [1.82, 2.24) is 10.6 Å². The van der Waals surface area contributed by atoms with Crippen LogP contribution in [0.5, 0.6) is 0 Å². The van der Waals surface area contributed by atoms with Crippen molar-refractivity contribution in [2.24, 2.45) is 0 Å². The van der Waals surface area contributed by atoms with Crippen molar-refractivity contribution in [3.05, 3.63) is 38.9 Å². The maximum Gasteiger partial charge on any atom is 0.270 e. The van der Waals surface area contributed by atoms with E-state index in [9.17, 15) is 14.9 Å². The van der Waals surface area contributed by atoms with Crippen LogP contribution >= 0.6 is 24.0 Å². The van der Waals surface area contributed by atoms with Gasteiger partial charge >= 0.3 is 0 Å². The molecule has 2 N–H and O–H groups in total. The molecule has 1 unspecified atom stereocenters. The lowest BCUT2D eigenvalue weighted by Gasteiger charge is -2.12. The minimum absolute atomic E-state index is 0. The number of hydrogen-bond acceptors (Lipinski definition) is 4. The molecule has 1 aliphatic heterocycles. The molecule has 1 aliphatic rings. The van der Waals surface area contributed by atoms with Gasteiger partial charge in [0.2, 0.25) is 0 Å². The number of amides is 1. The number of non-ortho nitro benzene ring substituents is 1. The number of halogens is 2. The number of carbonyl (C=O) groups is 1. The maximum absolute atomic E-state index is 11.9. The minimum atomic E-state index is -0.546. The molecule has 20 heavy (non-hydrogen) atoms. The van der Waals surface area contributed by atoms with E-state index < -0.39 is 4.92 Å². The fourth-order valence-electron chi connectivity index (χ4n) is 2.04. The van der Waals surface area contributed by atoms with Gasteiger partial charge in [-0.25, -0.2) is 0 Å². The van der Waals surface area contributed by atoms with E-state index in [2.05, 4.69) is 10.6 Å². The zero-order valence-electron chi connectivity index (χ0n) is 10.6. The molecule has 1 fully saturated rings. The van der Waals surface area contributed by atoms with Gasteiger partial charge in [-0.2, -0.15) is 0 Å². The zero-order chi connectivity index (χ0) is 13.8. The molecule has 0 radical (unpaired) electrons. The van der Waals surface area contributed by atoms with Crippen molar-refractivity contribution in [1.29, 1.82) is 0 Å². The molecule has 1 heterocycles. The Hall–Kier alpha value is -1.37. The first-order chi connectivity index (χ1) is 9.08. The van der Waals surface area contributed by atoms with Gasteiger partial charge in [0, 0.05) is 24.7 Å². The minimum Gasteiger partial charge on any atom is -0.350 e. The van der Waals surface area contributed by atoms with Crippen molar-refractivity contribution < 1.29 is 9.72 Å². The molecular formula is C12H15Cl2N3O3. The summed E-state index contributed by atoms with van der Waals surface area (Å²) >= 11 is 5.88. The lowest BCUT2D eigenvalue weighted by molar-refractivity contribution is -0.384. The SMILES string of the molecule is Cl.O=C(NCC1CCCN1)c1ccc([N+](=O)[O-])cc1Cl. The predicted molar refractivity (Wildman–Crippen MR) is 78.7 cm³/mol. The van der Waals surface area contributed by atoms with E-state index in [0.29, 0.717) is 12.6 Å². The molecule has 1 amide bonds. The summed E-state index contributed by atoms with van der Waals surface area (Å²) in [6, 6.07) is 4.12. The van der Waals surface area contributed by atoms with Crippen LogP contribution in [-0.4, -0.2) is 30.0 Å². The number of nitro groups is 1. The molecule has 2 rings (SSSR count). The normalized spacial score (nSPS) is 17.4. The Kier molecular flexibility index (Phi) is 6.19. The van der Waals surface area contributed by atoms with Gasteiger partial charge in [-0.15, -0.1) is 12.4 Å². The van der Waals surface area contributed by atoms with Crippen molar-refractivity contribution in [2.45, 2.75) is 18.9 Å². The van der Waals surface area contributed by atoms with E-state index in [1.807, 2.05) is 0 Å². The lowest BCUT2D eigenvalue weighted by Crippen LogP contribution is -2.37. The molecule has 0 spiro atoms. The summed E-state index contributed by atoms with van der Waals surface area (Å²) < 4.78 is 0. The number of rotatable bonds is 4. The third kappa shape index (κ3) is 4.06. The van der Waals surface area contributed by atoms with Crippen molar-refractivity contribution in [2.75, 3.05) is 13.1 Å². The zero-order valence-corrected chi connectivity index (χ0v) is 12.2. The first-order valence-corrected chi connectivity index (χ1v) is 6.41. The quantitative estimate of drug-likeness (QED) is 0.658. The summed E-state index contributed by atoms with van der Waals surface area (Å²) in [6.07, 6.45) is 2.15. The number of hydrogen-bond donors (Lipinski definition) is 2. The van der Waals surface area contributed by atoms with E-state index in [0.717, 1.165) is 19.4 Å². The van der Waals surface area contributed by atoms with Crippen molar-refractivity contribution >= 4 is 35.6 Å². The smallest absolute Gasteiger partial charge is 0.270 e. The average Bonchev–Trinajstić information content (AvgIpc) is 2.88. The highest BCUT2D eigenvalue weighted by Crippen LogP contribution is 2.22. The lowest BCUT2D eigenvalue weighted by atomic mass is 10.1. The molecular weight excluding hydrogens is 305 g/mol. The highest BCUT2D eigenvalue weighted by molar-refractivity contribution is 6.34. The highest BCUT2D eigenvalue weighted by Gasteiger charge is 2.18. The molecule has 6 nitrogen and oxygen atoms in total. The Morgan fingerprint density at radius 1 is 1.55 bits per heavy atom. The Balaban J connectivity index is 0.00000200. The van der Waals surface area contributed by atoms with E-state index >= 15 is 0 Å². The second-order valence-electron chi connectivity index (χ2n) is 4.42. The van der Waals surface area contributed by atoms with Crippen LogP contribution in [0.3, 0.4) is 0 Å². The largest absolute Gasteiger partial charge is 0.350 e. The molecule has 1 saturated heterocycles. The first-order valence-electron chi connectivity index (χ1n) is 6.03. The predicted octanol–water partition coefficient (Wildman–Crippen LogP) is 2.15. The molecule has 110 valence electrons. The molecule has 1 aromatic rings. The van der Waals surface area contributed by atoms with Crippen LogP contribution < -0.4 is 10.6 Å². The van der Waals surface area contributed by atoms with Crippen molar-refractivity contribution in [3.8, 4) is 0 Å². The number of nitrogens with one attached hydrogen (secondary N) is 2. The summed E-state index contributed by atoms with van der Waals surface area (Å²) in [4.78, 5) is 21.9. The highest BCUT2D eigenvalue weighted by atomic mass is 35.5. The molecule has 1 atom stereocenters. The monoisotopic (exact) mass is 319 g/mol. The van der Waals surface area contributed by atoms with E-state index in [1.165, 1.54) is 18.2 Å². The molecule has 0 bridgehead atoms. The van der Waals surface area contributed by atoms with E-state index in [4.69, 9.17) is 11.6 Å². The molecule has 0 aliphatic carbocycles. The standard InChI is InChI=1S/C12H14ClN3O3.ClH/c13-11-6-9(16(18)19)3-4-10(11)12(17)15-7-8-2-1-5-14-8;/h3-4,6,8,14H,1-2,5,7H2,(H,15,17);1H. The van der Waals surface area contributed by atoms with Crippen LogP contribution in [0.1, 0.15) is 23.2 Å². The maximum atomic E-state index is 11.9. The summed E-state index contributed by atoms with van der Waals surface area (Å²) in [5.41, 5.74) is 0.129. The molecule has 0 aromatic heterocycles. The third-order valence-corrected chi connectivity index (χ3v) is 3.39. The summed E-state index contributed by atoms with van der Waals surface area (Å²) in [5.74, 6) is -0.311. The molecule has 8 heteroatoms. The Morgan fingerprint density at radius 2 is 2.30 bits per heavy atom. The van der Waals surface area contributed by atoms with Gasteiger partial charge in [0.25, 0.3) is 11.6 Å². The van der Waals surface area contributed by atoms with Crippen LogP contribution in [0.2, 0.25) is 5.02 Å². The van der Waals surface area contributed by atoms with Gasteiger partial charge in [0.1, 0.15) is 0 Å². The number of benzene rings is 1. The van der Waals surface area contributed by atoms with Crippen LogP contribution in [0, 0.1) is 10.1 Å². The van der Waals surface area contributed by atoms with Crippen molar-refractivity contribution in [3.63, 3.8) is 0 Å². The van der Waals surface area contributed by atoms with E-state index in [-0.39, 0.29) is 34.6 Å². The van der Waals surface area contributed by atoms with Crippen LogP contribution in [0.4, 0.5) is 5.69 Å². The Bertz CT molecular complexity index is 505. The van der Waals surface area contributed by atoms with Gasteiger partial charge in [-0.1, -0.05) is 11.6 Å². The van der Waals surface area contributed by atoms with Gasteiger partial charge in [0.05, 0.1) is 15.5 Å². The van der Waals surface area contributed by atoms with Gasteiger partial charge < -0.3 is 10.6 Å². The fourth-order valence-corrected chi connectivity index (χ4v) is 2.30. The summed E-state index contributed by atoms with van der Waals surface area (Å²) in [6.45, 7) is 1.50. The van der Waals surface area contributed by atoms with Gasteiger partial charge in [-0.05, 0) is 25.5 Å². The van der Waals surface area contributed by atoms with Gasteiger partial charge in [0.15, 0.2) is 0 Å². The Morgan fingerprint density at radius 3 is 2.85 bits per heavy atom. The number of carbonyl (C=O) groups excluding carboxylic acids is 1. The van der Waals surface area contributed by atoms with Gasteiger partial charge in [-0.3, -0.25) is 14.9 Å². The average molecular weight is 320 g/mol. The van der Waals surface area contributed by atoms with Crippen LogP contribution in [0.15, 0.2) is 18.2 Å². The van der Waals surface area contributed by atoms with Crippen LogP contribution in [-0.2, 0) is 0 Å². The second kappa shape index (κ2) is 7.42. The third-order valence-electron chi connectivity index (χ3n) is 3.08. The van der Waals surface area contributed by atoms with Crippen LogP contribution in [0.25, 0.3) is 0 Å². The summed E-state index contributed by atoms with van der Waals surface area (Å²) in [5, 5.41) is 16.7. The first kappa shape index (κ1) is 16.7. The van der Waals surface area contributed by atoms with E-state index in [1.54, 1.807) is 0 Å². The topological polar surface area (TPSA) is 84.3 Å². The number of nitro benzene ring substituents is 1. The number of nitrogens with zero attached hydrogens (tertiary/aromatic N) is 1. The molecule has 0 saturated carbocycles. The summed E-state index contributed by atoms with van der Waals surface area (Å²) in [7, 11) is 0. The molecule has 1 aromatic carbocycles. The second-order valence-corrected chi connectivity index (χ2v) is 4.83. The Labute approximate surface area is 127 Å². The fraction of sp³-hybridized carbons (Fsp3) is 0.417.